The zero-order valence-electron chi connectivity index (χ0n) is 13.6. The van der Waals surface area contributed by atoms with Gasteiger partial charge >= 0.3 is 6.18 Å². The lowest BCUT2D eigenvalue weighted by Gasteiger charge is -2.37. The standard InChI is InChI=1S/C15H20F3N3O3/c1-4-9-13-12(23-14(2,3)24-13)8(7-22-9)20-11-6-19-5-10(21-11)15(16,17)18/h5-6,8-9,12-13H,4,7H2,1-3H3,(H,20,21)/t8-,9+,12+,13-/m0/s1. The molecule has 2 aliphatic heterocycles. The van der Waals surface area contributed by atoms with Crippen molar-refractivity contribution < 1.29 is 27.4 Å². The van der Waals surface area contributed by atoms with Crippen molar-refractivity contribution in [1.82, 2.24) is 9.97 Å². The summed E-state index contributed by atoms with van der Waals surface area (Å²) < 4.78 is 55.9. The molecule has 0 radical (unpaired) electrons. The van der Waals surface area contributed by atoms with Crippen LogP contribution >= 0.6 is 0 Å². The zero-order valence-corrected chi connectivity index (χ0v) is 13.6. The van der Waals surface area contributed by atoms with E-state index in [9.17, 15) is 13.2 Å². The molecule has 9 heteroatoms. The van der Waals surface area contributed by atoms with Crippen molar-refractivity contribution in [2.24, 2.45) is 0 Å². The normalized spacial score (nSPS) is 32.4. The van der Waals surface area contributed by atoms with Crippen LogP contribution in [0.3, 0.4) is 0 Å². The highest BCUT2D eigenvalue weighted by molar-refractivity contribution is 5.35. The van der Waals surface area contributed by atoms with Gasteiger partial charge in [0.15, 0.2) is 11.5 Å². The largest absolute Gasteiger partial charge is 0.434 e. The SMILES string of the molecule is CC[C@H]1OC[C@H](Nc2cncc(C(F)(F)F)n2)[C@H]2OC(C)(C)O[C@H]21. The van der Waals surface area contributed by atoms with E-state index in [0.717, 1.165) is 6.42 Å². The van der Waals surface area contributed by atoms with Crippen LogP contribution < -0.4 is 5.32 Å². The maximum Gasteiger partial charge on any atom is 0.434 e. The Morgan fingerprint density at radius 3 is 2.62 bits per heavy atom. The summed E-state index contributed by atoms with van der Waals surface area (Å²) >= 11 is 0. The molecule has 24 heavy (non-hydrogen) atoms. The predicted octanol–water partition coefficient (Wildman–Crippen LogP) is 2.60. The topological polar surface area (TPSA) is 65.5 Å². The summed E-state index contributed by atoms with van der Waals surface area (Å²) in [7, 11) is 0. The van der Waals surface area contributed by atoms with E-state index in [1.54, 1.807) is 13.8 Å². The van der Waals surface area contributed by atoms with Gasteiger partial charge in [0, 0.05) is 0 Å². The van der Waals surface area contributed by atoms with Crippen LogP contribution in [0.15, 0.2) is 12.4 Å². The number of nitrogens with one attached hydrogen (secondary N) is 1. The number of fused-ring (bicyclic) bond motifs is 1. The summed E-state index contributed by atoms with van der Waals surface area (Å²) in [5, 5.41) is 2.94. The van der Waals surface area contributed by atoms with E-state index in [4.69, 9.17) is 14.2 Å². The van der Waals surface area contributed by atoms with Gasteiger partial charge in [-0.3, -0.25) is 4.98 Å². The molecule has 0 bridgehead atoms. The highest BCUT2D eigenvalue weighted by atomic mass is 19.4. The lowest BCUT2D eigenvalue weighted by Crippen LogP contribution is -2.54. The van der Waals surface area contributed by atoms with Crippen LogP contribution in [-0.4, -0.2) is 46.7 Å². The van der Waals surface area contributed by atoms with E-state index in [0.29, 0.717) is 6.20 Å². The molecule has 3 heterocycles. The summed E-state index contributed by atoms with van der Waals surface area (Å²) in [4.78, 5) is 7.18. The molecule has 2 aliphatic rings. The highest BCUT2D eigenvalue weighted by Crippen LogP contribution is 2.37. The fourth-order valence-corrected chi connectivity index (χ4v) is 3.07. The smallest absolute Gasteiger partial charge is 0.373 e. The molecule has 2 fully saturated rings. The maximum atomic E-state index is 12.8. The number of alkyl halides is 3. The molecular formula is C15H20F3N3O3. The number of halogens is 3. The van der Waals surface area contributed by atoms with Gasteiger partial charge in [-0.05, 0) is 20.3 Å². The third-order valence-corrected chi connectivity index (χ3v) is 4.08. The van der Waals surface area contributed by atoms with E-state index >= 15 is 0 Å². The van der Waals surface area contributed by atoms with Crippen molar-refractivity contribution in [2.75, 3.05) is 11.9 Å². The summed E-state index contributed by atoms with van der Waals surface area (Å²) in [6, 6.07) is -0.377. The number of rotatable bonds is 3. The third kappa shape index (κ3) is 3.47. The molecular weight excluding hydrogens is 327 g/mol. The summed E-state index contributed by atoms with van der Waals surface area (Å²) in [6.45, 7) is 5.89. The Labute approximate surface area is 137 Å². The molecule has 134 valence electrons. The van der Waals surface area contributed by atoms with Crippen molar-refractivity contribution in [1.29, 1.82) is 0 Å². The first-order valence-electron chi connectivity index (χ1n) is 7.82. The second-order valence-electron chi connectivity index (χ2n) is 6.38. The first-order valence-corrected chi connectivity index (χ1v) is 7.82. The van der Waals surface area contributed by atoms with Crippen LogP contribution in [0, 0.1) is 0 Å². The van der Waals surface area contributed by atoms with Gasteiger partial charge in [0.05, 0.1) is 31.1 Å². The number of nitrogens with zero attached hydrogens (tertiary/aromatic N) is 2. The second kappa shape index (κ2) is 6.12. The van der Waals surface area contributed by atoms with E-state index in [1.165, 1.54) is 6.20 Å². The van der Waals surface area contributed by atoms with Gasteiger partial charge in [-0.1, -0.05) is 6.92 Å². The second-order valence-corrected chi connectivity index (χ2v) is 6.38. The van der Waals surface area contributed by atoms with Crippen molar-refractivity contribution in [3.63, 3.8) is 0 Å². The van der Waals surface area contributed by atoms with Crippen LogP contribution in [0.4, 0.5) is 19.0 Å². The minimum absolute atomic E-state index is 0.0282. The van der Waals surface area contributed by atoms with Gasteiger partial charge < -0.3 is 19.5 Å². The van der Waals surface area contributed by atoms with Crippen LogP contribution in [0.1, 0.15) is 32.9 Å². The zero-order chi connectivity index (χ0) is 17.5. The van der Waals surface area contributed by atoms with Crippen LogP contribution in [0.5, 0.6) is 0 Å². The molecule has 0 spiro atoms. The van der Waals surface area contributed by atoms with E-state index in [-0.39, 0.29) is 36.8 Å². The lowest BCUT2D eigenvalue weighted by molar-refractivity contribution is -0.153. The van der Waals surface area contributed by atoms with Gasteiger partial charge in [-0.25, -0.2) is 4.98 Å². The fourth-order valence-electron chi connectivity index (χ4n) is 3.07. The van der Waals surface area contributed by atoms with Crippen molar-refractivity contribution in [3.8, 4) is 0 Å². The summed E-state index contributed by atoms with van der Waals surface area (Å²) in [5.74, 6) is -0.740. The van der Waals surface area contributed by atoms with Crippen LogP contribution in [0.25, 0.3) is 0 Å². The van der Waals surface area contributed by atoms with Crippen molar-refractivity contribution in [2.45, 2.75) is 63.5 Å². The van der Waals surface area contributed by atoms with E-state index < -0.39 is 17.7 Å². The predicted molar refractivity (Wildman–Crippen MR) is 78.3 cm³/mol. The molecule has 0 saturated carbocycles. The third-order valence-electron chi connectivity index (χ3n) is 4.08. The molecule has 2 saturated heterocycles. The Bertz CT molecular complexity index is 597. The maximum absolute atomic E-state index is 12.8. The molecule has 0 aromatic carbocycles. The quantitative estimate of drug-likeness (QED) is 0.907. The highest BCUT2D eigenvalue weighted by Gasteiger charge is 2.51. The Morgan fingerprint density at radius 1 is 1.25 bits per heavy atom. The Balaban J connectivity index is 1.78. The molecule has 0 amide bonds. The fraction of sp³-hybridized carbons (Fsp3) is 0.733. The molecule has 1 aromatic rings. The van der Waals surface area contributed by atoms with E-state index in [2.05, 4.69) is 15.3 Å². The number of aromatic nitrogens is 2. The van der Waals surface area contributed by atoms with Gasteiger partial charge in [-0.2, -0.15) is 13.2 Å². The lowest BCUT2D eigenvalue weighted by atomic mass is 9.96. The van der Waals surface area contributed by atoms with Crippen LogP contribution in [-0.2, 0) is 20.4 Å². The Morgan fingerprint density at radius 2 is 1.96 bits per heavy atom. The van der Waals surface area contributed by atoms with Gasteiger partial charge in [0.1, 0.15) is 18.0 Å². The monoisotopic (exact) mass is 347 g/mol. The van der Waals surface area contributed by atoms with Gasteiger partial charge in [0.2, 0.25) is 0 Å². The first kappa shape index (κ1) is 17.4. The summed E-state index contributed by atoms with van der Waals surface area (Å²) in [6.07, 6.45) is -2.57. The summed E-state index contributed by atoms with van der Waals surface area (Å²) in [5.41, 5.74) is -1.05. The molecule has 3 rings (SSSR count). The molecule has 1 aromatic heterocycles. The number of hydrogen-bond donors (Lipinski definition) is 1. The molecule has 0 unspecified atom stereocenters. The Hall–Kier alpha value is -1.45. The average molecular weight is 347 g/mol. The van der Waals surface area contributed by atoms with Crippen LogP contribution in [0.2, 0.25) is 0 Å². The number of anilines is 1. The van der Waals surface area contributed by atoms with E-state index in [1.807, 2.05) is 6.92 Å². The molecule has 6 nitrogen and oxygen atoms in total. The van der Waals surface area contributed by atoms with Gasteiger partial charge in [0.25, 0.3) is 0 Å². The van der Waals surface area contributed by atoms with Crippen molar-refractivity contribution in [3.05, 3.63) is 18.1 Å². The van der Waals surface area contributed by atoms with Gasteiger partial charge in [-0.15, -0.1) is 0 Å². The minimum atomic E-state index is -4.54. The number of ether oxygens (including phenoxy) is 3. The first-order chi connectivity index (χ1) is 11.2. The molecule has 1 N–H and O–H groups in total. The molecule has 4 atom stereocenters. The minimum Gasteiger partial charge on any atom is -0.373 e. The Kier molecular flexibility index (Phi) is 4.43. The van der Waals surface area contributed by atoms with Crippen molar-refractivity contribution >= 4 is 5.82 Å². The average Bonchev–Trinajstić information content (AvgIpc) is 2.83. The number of hydrogen-bond acceptors (Lipinski definition) is 6. The molecule has 0 aliphatic carbocycles.